The minimum absolute atomic E-state index is 0.116. The molecule has 3 aromatic rings. The normalized spacial score (nSPS) is 10.5. The lowest BCUT2D eigenvalue weighted by molar-refractivity contribution is 0.0980. The molecule has 6 heteroatoms. The first-order valence-electron chi connectivity index (χ1n) is 7.71. The molecule has 3 rings (SSSR count). The Balaban J connectivity index is 1.74. The molecule has 0 bridgehead atoms. The van der Waals surface area contributed by atoms with Crippen LogP contribution < -0.4 is 5.32 Å². The smallest absolute Gasteiger partial charge is 0.259 e. The van der Waals surface area contributed by atoms with E-state index in [1.807, 2.05) is 24.4 Å². The number of hydrogen-bond acceptors (Lipinski definition) is 4. The van der Waals surface area contributed by atoms with Gasteiger partial charge in [-0.15, -0.1) is 11.3 Å². The van der Waals surface area contributed by atoms with Gasteiger partial charge in [0, 0.05) is 23.9 Å². The molecule has 0 fully saturated rings. The average Bonchev–Trinajstić information content (AvgIpc) is 3.26. The van der Waals surface area contributed by atoms with E-state index in [-0.39, 0.29) is 11.7 Å². The summed E-state index contributed by atoms with van der Waals surface area (Å²) in [6.45, 7) is 1.97. The molecule has 0 aliphatic carbocycles. The lowest BCUT2D eigenvalue weighted by atomic mass is 10.1. The second-order valence-corrected chi connectivity index (χ2v) is 6.28. The summed E-state index contributed by atoms with van der Waals surface area (Å²) in [5.41, 5.74) is 2.43. The summed E-state index contributed by atoms with van der Waals surface area (Å²) in [5.74, 6) is -0.120. The van der Waals surface area contributed by atoms with Crippen LogP contribution in [0.1, 0.15) is 40.5 Å². The SMILES string of the molecule is CCCC(=O)c1ccc(NC(=O)c2c[nH]nc2-c2cccs2)cc1. The second-order valence-electron chi connectivity index (χ2n) is 5.33. The van der Waals surface area contributed by atoms with Crippen LogP contribution in [0.2, 0.25) is 0 Å². The number of aromatic nitrogens is 2. The van der Waals surface area contributed by atoms with E-state index in [1.54, 1.807) is 30.5 Å². The Bertz CT molecular complexity index is 836. The highest BCUT2D eigenvalue weighted by atomic mass is 32.1. The monoisotopic (exact) mass is 339 g/mol. The fraction of sp³-hybridized carbons (Fsp3) is 0.167. The summed E-state index contributed by atoms with van der Waals surface area (Å²) in [4.78, 5) is 25.3. The number of hydrogen-bond donors (Lipinski definition) is 2. The molecule has 0 aliphatic rings. The third kappa shape index (κ3) is 3.44. The number of benzene rings is 1. The summed E-state index contributed by atoms with van der Waals surface area (Å²) in [6, 6.07) is 10.8. The number of H-pyrrole nitrogens is 1. The molecule has 0 spiro atoms. The Hall–Kier alpha value is -2.73. The van der Waals surface area contributed by atoms with Crippen molar-refractivity contribution in [3.63, 3.8) is 0 Å². The first kappa shape index (κ1) is 16.1. The molecule has 1 aromatic carbocycles. The molecule has 0 saturated carbocycles. The first-order chi connectivity index (χ1) is 11.7. The van der Waals surface area contributed by atoms with Crippen molar-refractivity contribution < 1.29 is 9.59 Å². The van der Waals surface area contributed by atoms with Crippen LogP contribution in [0.25, 0.3) is 10.6 Å². The third-order valence-electron chi connectivity index (χ3n) is 3.58. The summed E-state index contributed by atoms with van der Waals surface area (Å²) in [6.07, 6.45) is 2.94. The van der Waals surface area contributed by atoms with Crippen molar-refractivity contribution in [2.45, 2.75) is 19.8 Å². The van der Waals surface area contributed by atoms with Crippen LogP contribution in [0.15, 0.2) is 48.0 Å². The van der Waals surface area contributed by atoms with Crippen molar-refractivity contribution in [1.29, 1.82) is 0 Å². The van der Waals surface area contributed by atoms with Crippen LogP contribution in [-0.2, 0) is 0 Å². The fourth-order valence-corrected chi connectivity index (χ4v) is 3.10. The molecule has 0 unspecified atom stereocenters. The number of Topliss-reactive ketones (excluding diaryl/α,β-unsaturated/α-hetero) is 1. The predicted octanol–water partition coefficient (Wildman–Crippen LogP) is 4.37. The standard InChI is InChI=1S/C18H17N3O2S/c1-2-4-15(22)12-6-8-13(9-7-12)20-18(23)14-11-19-21-17(14)16-5-3-10-24-16/h3,5-11H,2,4H2,1H3,(H,19,21)(H,20,23). The van der Waals surface area contributed by atoms with Gasteiger partial charge in [0.2, 0.25) is 0 Å². The lowest BCUT2D eigenvalue weighted by Crippen LogP contribution is -2.12. The number of carbonyl (C=O) groups is 2. The molecular weight excluding hydrogens is 322 g/mol. The number of nitrogens with zero attached hydrogens (tertiary/aromatic N) is 1. The highest BCUT2D eigenvalue weighted by Gasteiger charge is 2.16. The van der Waals surface area contributed by atoms with Gasteiger partial charge < -0.3 is 5.32 Å². The van der Waals surface area contributed by atoms with E-state index in [9.17, 15) is 9.59 Å². The number of nitrogens with one attached hydrogen (secondary N) is 2. The van der Waals surface area contributed by atoms with E-state index in [4.69, 9.17) is 0 Å². The topological polar surface area (TPSA) is 74.8 Å². The third-order valence-corrected chi connectivity index (χ3v) is 4.46. The van der Waals surface area contributed by atoms with Crippen molar-refractivity contribution in [3.8, 4) is 10.6 Å². The number of amides is 1. The Kier molecular flexibility index (Phi) is 4.86. The molecule has 24 heavy (non-hydrogen) atoms. The van der Waals surface area contributed by atoms with E-state index in [0.29, 0.717) is 28.9 Å². The number of carbonyl (C=O) groups excluding carboxylic acids is 2. The predicted molar refractivity (Wildman–Crippen MR) is 95.5 cm³/mol. The van der Waals surface area contributed by atoms with Crippen molar-refractivity contribution in [3.05, 3.63) is 59.1 Å². The zero-order chi connectivity index (χ0) is 16.9. The lowest BCUT2D eigenvalue weighted by Gasteiger charge is -2.06. The Morgan fingerprint density at radius 1 is 1.21 bits per heavy atom. The number of thiophene rings is 1. The maximum Gasteiger partial charge on any atom is 0.259 e. The van der Waals surface area contributed by atoms with Gasteiger partial charge in [-0.05, 0) is 42.1 Å². The molecule has 2 heterocycles. The Morgan fingerprint density at radius 2 is 2.00 bits per heavy atom. The second kappa shape index (κ2) is 7.23. The number of ketones is 1. The minimum atomic E-state index is -0.236. The maximum absolute atomic E-state index is 12.5. The van der Waals surface area contributed by atoms with E-state index < -0.39 is 0 Å². The first-order valence-corrected chi connectivity index (χ1v) is 8.59. The van der Waals surface area contributed by atoms with Gasteiger partial charge in [-0.3, -0.25) is 14.7 Å². The average molecular weight is 339 g/mol. The quantitative estimate of drug-likeness (QED) is 0.655. The molecule has 1 amide bonds. The minimum Gasteiger partial charge on any atom is -0.322 e. The highest BCUT2D eigenvalue weighted by Crippen LogP contribution is 2.26. The van der Waals surface area contributed by atoms with Crippen LogP contribution in [-0.4, -0.2) is 21.9 Å². The Labute approximate surface area is 143 Å². The molecule has 0 radical (unpaired) electrons. The fourth-order valence-electron chi connectivity index (χ4n) is 2.37. The van der Waals surface area contributed by atoms with Crippen LogP contribution in [0, 0.1) is 0 Å². The van der Waals surface area contributed by atoms with Gasteiger partial charge in [0.05, 0.1) is 10.4 Å². The molecule has 122 valence electrons. The Morgan fingerprint density at radius 3 is 2.67 bits per heavy atom. The van der Waals surface area contributed by atoms with E-state index in [0.717, 1.165) is 11.3 Å². The van der Waals surface area contributed by atoms with E-state index in [2.05, 4.69) is 15.5 Å². The molecular formula is C18H17N3O2S. The summed E-state index contributed by atoms with van der Waals surface area (Å²) < 4.78 is 0. The van der Waals surface area contributed by atoms with Crippen LogP contribution in [0.3, 0.4) is 0 Å². The molecule has 2 aromatic heterocycles. The van der Waals surface area contributed by atoms with Gasteiger partial charge in [0.15, 0.2) is 5.78 Å². The summed E-state index contributed by atoms with van der Waals surface area (Å²) >= 11 is 1.53. The zero-order valence-corrected chi connectivity index (χ0v) is 14.0. The van der Waals surface area contributed by atoms with Gasteiger partial charge in [0.25, 0.3) is 5.91 Å². The van der Waals surface area contributed by atoms with Crippen molar-refractivity contribution in [2.24, 2.45) is 0 Å². The largest absolute Gasteiger partial charge is 0.322 e. The molecule has 0 saturated heterocycles. The molecule has 5 nitrogen and oxygen atoms in total. The molecule has 2 N–H and O–H groups in total. The van der Waals surface area contributed by atoms with Crippen LogP contribution >= 0.6 is 11.3 Å². The summed E-state index contributed by atoms with van der Waals surface area (Å²) in [7, 11) is 0. The number of anilines is 1. The van der Waals surface area contributed by atoms with Crippen molar-refractivity contribution >= 4 is 28.7 Å². The maximum atomic E-state index is 12.5. The number of aromatic amines is 1. The number of rotatable bonds is 6. The van der Waals surface area contributed by atoms with Gasteiger partial charge in [-0.25, -0.2) is 0 Å². The van der Waals surface area contributed by atoms with Crippen LogP contribution in [0.4, 0.5) is 5.69 Å². The zero-order valence-electron chi connectivity index (χ0n) is 13.2. The van der Waals surface area contributed by atoms with Crippen LogP contribution in [0.5, 0.6) is 0 Å². The van der Waals surface area contributed by atoms with E-state index in [1.165, 1.54) is 11.3 Å². The van der Waals surface area contributed by atoms with Crippen molar-refractivity contribution in [1.82, 2.24) is 10.2 Å². The molecule has 0 atom stereocenters. The van der Waals surface area contributed by atoms with Gasteiger partial charge in [0.1, 0.15) is 5.69 Å². The highest BCUT2D eigenvalue weighted by molar-refractivity contribution is 7.13. The van der Waals surface area contributed by atoms with Gasteiger partial charge in [-0.1, -0.05) is 13.0 Å². The summed E-state index contributed by atoms with van der Waals surface area (Å²) in [5, 5.41) is 11.7. The van der Waals surface area contributed by atoms with E-state index >= 15 is 0 Å². The molecule has 0 aliphatic heterocycles. The van der Waals surface area contributed by atoms with Crippen molar-refractivity contribution in [2.75, 3.05) is 5.32 Å². The van der Waals surface area contributed by atoms with Gasteiger partial charge >= 0.3 is 0 Å². The van der Waals surface area contributed by atoms with Gasteiger partial charge in [-0.2, -0.15) is 5.10 Å².